The van der Waals surface area contributed by atoms with Gasteiger partial charge < -0.3 is 9.73 Å². The Balaban J connectivity index is 1.43. The summed E-state index contributed by atoms with van der Waals surface area (Å²) in [5.74, 6) is 0.250. The number of furan rings is 1. The van der Waals surface area contributed by atoms with E-state index in [9.17, 15) is 9.59 Å². The van der Waals surface area contributed by atoms with Gasteiger partial charge >= 0.3 is 0 Å². The fourth-order valence-electron chi connectivity index (χ4n) is 4.63. The van der Waals surface area contributed by atoms with Gasteiger partial charge in [0.2, 0.25) is 0 Å². The predicted octanol–water partition coefficient (Wildman–Crippen LogP) is 6.69. The van der Waals surface area contributed by atoms with Gasteiger partial charge in [-0.05, 0) is 65.7 Å². The third-order valence-corrected chi connectivity index (χ3v) is 9.42. The average Bonchev–Trinajstić information content (AvgIpc) is 3.46. The third kappa shape index (κ3) is 5.66. The number of carbonyl (C=O) groups excluding carboxylic acids is 1. The number of hydrogen-bond donors (Lipinski definition) is 1. The molecule has 1 N–H and O–H groups in total. The Morgan fingerprint density at radius 1 is 1.02 bits per heavy atom. The van der Waals surface area contributed by atoms with Crippen molar-refractivity contribution in [3.63, 3.8) is 0 Å². The predicted molar refractivity (Wildman–Crippen MR) is 167 cm³/mol. The molecule has 204 valence electrons. The van der Waals surface area contributed by atoms with Crippen LogP contribution in [0.25, 0.3) is 6.08 Å². The number of hydrogen-bond acceptors (Lipinski definition) is 6. The van der Waals surface area contributed by atoms with Gasteiger partial charge in [-0.2, -0.15) is 0 Å². The topological polar surface area (TPSA) is 76.6 Å². The lowest BCUT2D eigenvalue weighted by Crippen LogP contribution is -2.40. The highest BCUT2D eigenvalue weighted by Gasteiger charge is 2.32. The van der Waals surface area contributed by atoms with Gasteiger partial charge in [0, 0.05) is 16.7 Å². The molecule has 3 aromatic carbocycles. The minimum Gasteiger partial charge on any atom is -0.449 e. The number of aryl methyl sites for hydroxylation is 1. The molecule has 1 aliphatic heterocycles. The first-order valence-corrected chi connectivity index (χ1v) is 15.3. The van der Waals surface area contributed by atoms with Gasteiger partial charge in [0.15, 0.2) is 9.89 Å². The molecule has 0 saturated carbocycles. The van der Waals surface area contributed by atoms with Crippen LogP contribution in [0.2, 0.25) is 0 Å². The van der Waals surface area contributed by atoms with Crippen LogP contribution in [0.1, 0.15) is 29.9 Å². The molecule has 5 aromatic rings. The lowest BCUT2D eigenvalue weighted by molar-refractivity contribution is -0.113. The SMILES string of the molecule is CC1=C(C(=O)Nc2ccccc2)[C@H](c2ccc(C)cc2)n2c(s/c(=C/c3cc(Br)c(Sc4ccccc4)o3)c2=O)=N1. The number of nitrogens with zero attached hydrogens (tertiary/aromatic N) is 2. The Labute approximate surface area is 252 Å². The van der Waals surface area contributed by atoms with E-state index < -0.39 is 6.04 Å². The Hall–Kier alpha value is -3.92. The zero-order valence-electron chi connectivity index (χ0n) is 22.1. The van der Waals surface area contributed by atoms with Gasteiger partial charge in [0.1, 0.15) is 5.76 Å². The highest BCUT2D eigenvalue weighted by molar-refractivity contribution is 9.10. The minimum atomic E-state index is -0.634. The van der Waals surface area contributed by atoms with Crippen LogP contribution < -0.4 is 20.2 Å². The van der Waals surface area contributed by atoms with E-state index in [2.05, 4.69) is 21.2 Å². The van der Waals surface area contributed by atoms with Crippen molar-refractivity contribution in [2.24, 2.45) is 4.99 Å². The maximum Gasteiger partial charge on any atom is 0.271 e. The Morgan fingerprint density at radius 2 is 1.71 bits per heavy atom. The molecule has 2 aromatic heterocycles. The number of anilines is 1. The van der Waals surface area contributed by atoms with Crippen LogP contribution in [0.3, 0.4) is 0 Å². The van der Waals surface area contributed by atoms with Gasteiger partial charge in [-0.25, -0.2) is 4.99 Å². The molecule has 9 heteroatoms. The lowest BCUT2D eigenvalue weighted by Gasteiger charge is -2.25. The number of carbonyl (C=O) groups is 1. The number of amides is 1. The molecule has 0 radical (unpaired) electrons. The number of allylic oxidation sites excluding steroid dienone is 1. The second kappa shape index (κ2) is 11.5. The van der Waals surface area contributed by atoms with Crippen LogP contribution in [-0.4, -0.2) is 10.5 Å². The summed E-state index contributed by atoms with van der Waals surface area (Å²) in [5, 5.41) is 3.68. The molecule has 0 bridgehead atoms. The number of aromatic nitrogens is 1. The normalized spacial score (nSPS) is 15.0. The van der Waals surface area contributed by atoms with E-state index in [1.165, 1.54) is 23.1 Å². The summed E-state index contributed by atoms with van der Waals surface area (Å²) in [5.41, 5.74) is 3.35. The van der Waals surface area contributed by atoms with Crippen LogP contribution in [0.15, 0.2) is 131 Å². The number of halogens is 1. The van der Waals surface area contributed by atoms with Crippen molar-refractivity contribution in [2.45, 2.75) is 29.9 Å². The lowest BCUT2D eigenvalue weighted by atomic mass is 9.94. The number of fused-ring (bicyclic) bond motifs is 1. The van der Waals surface area contributed by atoms with Crippen molar-refractivity contribution in [1.29, 1.82) is 0 Å². The maximum absolute atomic E-state index is 14.0. The van der Waals surface area contributed by atoms with E-state index in [4.69, 9.17) is 9.41 Å². The number of para-hydroxylation sites is 1. The fraction of sp³-hybridized carbons (Fsp3) is 0.0938. The molecule has 3 heterocycles. The Bertz CT molecular complexity index is 1960. The van der Waals surface area contributed by atoms with Crippen molar-refractivity contribution >= 4 is 56.7 Å². The molecule has 0 aliphatic carbocycles. The highest BCUT2D eigenvalue weighted by atomic mass is 79.9. The van der Waals surface area contributed by atoms with Crippen LogP contribution in [0.4, 0.5) is 5.69 Å². The van der Waals surface area contributed by atoms with Crippen molar-refractivity contribution in [3.05, 3.63) is 143 Å². The molecular weight excluding hydrogens is 618 g/mol. The summed E-state index contributed by atoms with van der Waals surface area (Å²) >= 11 is 6.36. The molecule has 1 atom stereocenters. The Morgan fingerprint density at radius 3 is 2.41 bits per heavy atom. The molecular formula is C32H24BrN3O3S2. The van der Waals surface area contributed by atoms with Gasteiger partial charge in [-0.1, -0.05) is 89.3 Å². The van der Waals surface area contributed by atoms with E-state index in [0.717, 1.165) is 20.5 Å². The second-order valence-corrected chi connectivity index (χ2v) is 12.4. The molecule has 0 unspecified atom stereocenters. The summed E-state index contributed by atoms with van der Waals surface area (Å²) in [6.45, 7) is 3.82. The molecule has 0 fully saturated rings. The summed E-state index contributed by atoms with van der Waals surface area (Å²) in [7, 11) is 0. The first kappa shape index (κ1) is 27.3. The first-order chi connectivity index (χ1) is 19.9. The molecule has 0 spiro atoms. The number of nitrogens with one attached hydrogen (secondary N) is 1. The van der Waals surface area contributed by atoms with Crippen LogP contribution >= 0.6 is 39.0 Å². The van der Waals surface area contributed by atoms with Gasteiger partial charge in [0.05, 0.1) is 26.3 Å². The summed E-state index contributed by atoms with van der Waals surface area (Å²) in [6.07, 6.45) is 1.74. The summed E-state index contributed by atoms with van der Waals surface area (Å²) < 4.78 is 8.98. The van der Waals surface area contributed by atoms with E-state index in [0.29, 0.717) is 37.1 Å². The van der Waals surface area contributed by atoms with Gasteiger partial charge in [-0.15, -0.1) is 0 Å². The maximum atomic E-state index is 14.0. The largest absolute Gasteiger partial charge is 0.449 e. The summed E-state index contributed by atoms with van der Waals surface area (Å²) in [4.78, 5) is 33.9. The standard InChI is InChI=1S/C32H24BrN3O3S2/c1-19-13-15-21(16-14-19)28-27(29(37)35-22-9-5-3-6-10-22)20(2)34-32-36(28)30(38)26(41-32)18-23-17-25(33)31(39-23)40-24-11-7-4-8-12-24/h3-18,28H,1-2H3,(H,35,37)/b26-18+/t28-/m0/s1. The summed E-state index contributed by atoms with van der Waals surface area (Å²) in [6, 6.07) is 28.3. The van der Waals surface area contributed by atoms with Crippen LogP contribution in [0, 0.1) is 6.92 Å². The Kier molecular flexibility index (Phi) is 7.66. The minimum absolute atomic E-state index is 0.235. The molecule has 6 nitrogen and oxygen atoms in total. The van der Waals surface area contributed by atoms with E-state index >= 15 is 0 Å². The number of benzene rings is 3. The smallest absolute Gasteiger partial charge is 0.271 e. The third-order valence-electron chi connectivity index (χ3n) is 6.59. The van der Waals surface area contributed by atoms with E-state index in [1.807, 2.05) is 105 Å². The van der Waals surface area contributed by atoms with E-state index in [1.54, 1.807) is 10.6 Å². The zero-order valence-corrected chi connectivity index (χ0v) is 25.3. The van der Waals surface area contributed by atoms with Crippen molar-refractivity contribution in [1.82, 2.24) is 4.57 Å². The van der Waals surface area contributed by atoms with E-state index in [-0.39, 0.29) is 11.5 Å². The fourth-order valence-corrected chi connectivity index (χ4v) is 7.01. The zero-order chi connectivity index (χ0) is 28.5. The molecule has 0 saturated heterocycles. The van der Waals surface area contributed by atoms with Gasteiger partial charge in [0.25, 0.3) is 11.5 Å². The first-order valence-electron chi connectivity index (χ1n) is 12.8. The average molecular weight is 643 g/mol. The molecule has 6 rings (SSSR count). The number of rotatable bonds is 6. The molecule has 1 aliphatic rings. The second-order valence-electron chi connectivity index (χ2n) is 9.51. The van der Waals surface area contributed by atoms with Crippen molar-refractivity contribution in [3.8, 4) is 0 Å². The quantitative estimate of drug-likeness (QED) is 0.224. The number of thiazole rings is 1. The molecule has 41 heavy (non-hydrogen) atoms. The highest BCUT2D eigenvalue weighted by Crippen LogP contribution is 2.36. The van der Waals surface area contributed by atoms with Crippen molar-refractivity contribution in [2.75, 3.05) is 5.32 Å². The van der Waals surface area contributed by atoms with Crippen LogP contribution in [0.5, 0.6) is 0 Å². The monoisotopic (exact) mass is 641 g/mol. The van der Waals surface area contributed by atoms with Crippen LogP contribution in [-0.2, 0) is 4.79 Å². The molecule has 1 amide bonds. The van der Waals surface area contributed by atoms with Gasteiger partial charge in [-0.3, -0.25) is 14.2 Å². The van der Waals surface area contributed by atoms with Crippen molar-refractivity contribution < 1.29 is 9.21 Å².